The molecule has 0 bridgehead atoms. The molecule has 0 aromatic heterocycles. The second-order valence-electron chi connectivity index (χ2n) is 6.37. The molecule has 1 nitrogen and oxygen atoms in total. The first-order valence-corrected chi connectivity index (χ1v) is 8.65. The Morgan fingerprint density at radius 1 is 0.955 bits per heavy atom. The summed E-state index contributed by atoms with van der Waals surface area (Å²) in [5.41, 5.74) is 5.72. The molecule has 0 saturated carbocycles. The molecule has 0 radical (unpaired) electrons. The van der Waals surface area contributed by atoms with Gasteiger partial charge in [0, 0.05) is 0 Å². The zero-order valence-corrected chi connectivity index (χ0v) is 13.8. The fourth-order valence-corrected chi connectivity index (χ4v) is 3.32. The van der Waals surface area contributed by atoms with Gasteiger partial charge in [0.15, 0.2) is 0 Å². The highest BCUT2D eigenvalue weighted by atomic mass is 16.5. The molecule has 3 rings (SSSR count). The minimum atomic E-state index is 0.788. The molecule has 0 fully saturated rings. The summed E-state index contributed by atoms with van der Waals surface area (Å²) < 4.78 is 5.66. The highest BCUT2D eigenvalue weighted by Crippen LogP contribution is 2.31. The SMILES string of the molecule is CCCOc1ccc(-c2ccc3c(c2)CCC(CC)C3)cc1. The second-order valence-corrected chi connectivity index (χ2v) is 6.37. The van der Waals surface area contributed by atoms with Gasteiger partial charge in [0.1, 0.15) is 5.75 Å². The maximum absolute atomic E-state index is 5.66. The predicted octanol–water partition coefficient (Wildman–Crippen LogP) is 5.66. The van der Waals surface area contributed by atoms with E-state index in [0.29, 0.717) is 0 Å². The number of aryl methyl sites for hydroxylation is 1. The molecule has 0 aliphatic heterocycles. The van der Waals surface area contributed by atoms with Crippen molar-refractivity contribution in [2.45, 2.75) is 46.0 Å². The van der Waals surface area contributed by atoms with Crippen molar-refractivity contribution in [3.63, 3.8) is 0 Å². The van der Waals surface area contributed by atoms with Gasteiger partial charge in [-0.2, -0.15) is 0 Å². The van der Waals surface area contributed by atoms with E-state index in [-0.39, 0.29) is 0 Å². The highest BCUT2D eigenvalue weighted by molar-refractivity contribution is 5.65. The number of hydrogen-bond donors (Lipinski definition) is 0. The van der Waals surface area contributed by atoms with Gasteiger partial charge in [-0.3, -0.25) is 0 Å². The Hall–Kier alpha value is -1.76. The quantitative estimate of drug-likeness (QED) is 0.691. The lowest BCUT2D eigenvalue weighted by molar-refractivity contribution is 0.317. The normalized spacial score (nSPS) is 17.1. The monoisotopic (exact) mass is 294 g/mol. The van der Waals surface area contributed by atoms with E-state index >= 15 is 0 Å². The van der Waals surface area contributed by atoms with Crippen LogP contribution in [0.15, 0.2) is 42.5 Å². The Kier molecular flexibility index (Phi) is 4.82. The number of fused-ring (bicyclic) bond motifs is 1. The summed E-state index contributed by atoms with van der Waals surface area (Å²) >= 11 is 0. The van der Waals surface area contributed by atoms with Gasteiger partial charge in [-0.15, -0.1) is 0 Å². The fraction of sp³-hybridized carbons (Fsp3) is 0.429. The zero-order valence-electron chi connectivity index (χ0n) is 13.8. The molecule has 116 valence electrons. The van der Waals surface area contributed by atoms with Crippen LogP contribution in [0.25, 0.3) is 11.1 Å². The number of rotatable bonds is 5. The van der Waals surface area contributed by atoms with E-state index in [9.17, 15) is 0 Å². The molecule has 1 heteroatoms. The number of benzene rings is 2. The third-order valence-corrected chi connectivity index (χ3v) is 4.77. The van der Waals surface area contributed by atoms with Crippen LogP contribution in [0.4, 0.5) is 0 Å². The van der Waals surface area contributed by atoms with E-state index in [4.69, 9.17) is 4.74 Å². The number of hydrogen-bond acceptors (Lipinski definition) is 1. The lowest BCUT2D eigenvalue weighted by Crippen LogP contribution is -2.13. The molecule has 2 aromatic carbocycles. The van der Waals surface area contributed by atoms with E-state index in [2.05, 4.69) is 56.3 Å². The summed E-state index contributed by atoms with van der Waals surface area (Å²) in [5.74, 6) is 1.85. The molecule has 0 saturated heterocycles. The van der Waals surface area contributed by atoms with Crippen LogP contribution in [-0.2, 0) is 12.8 Å². The van der Waals surface area contributed by atoms with Crippen LogP contribution in [0, 0.1) is 5.92 Å². The maximum Gasteiger partial charge on any atom is 0.119 e. The molecule has 1 unspecified atom stereocenters. The Morgan fingerprint density at radius 2 is 1.73 bits per heavy atom. The molecule has 1 atom stereocenters. The minimum absolute atomic E-state index is 0.788. The average molecular weight is 294 g/mol. The molecular weight excluding hydrogens is 268 g/mol. The summed E-state index contributed by atoms with van der Waals surface area (Å²) in [7, 11) is 0. The third-order valence-electron chi connectivity index (χ3n) is 4.77. The first kappa shape index (κ1) is 15.1. The van der Waals surface area contributed by atoms with Gasteiger partial charge in [0.25, 0.3) is 0 Å². The van der Waals surface area contributed by atoms with Crippen molar-refractivity contribution >= 4 is 0 Å². The van der Waals surface area contributed by atoms with Gasteiger partial charge in [-0.05, 0) is 66.0 Å². The van der Waals surface area contributed by atoms with Crippen molar-refractivity contribution in [3.05, 3.63) is 53.6 Å². The van der Waals surface area contributed by atoms with Gasteiger partial charge >= 0.3 is 0 Å². The van der Waals surface area contributed by atoms with Crippen LogP contribution in [0.2, 0.25) is 0 Å². The molecule has 2 aromatic rings. The van der Waals surface area contributed by atoms with Crippen LogP contribution >= 0.6 is 0 Å². The van der Waals surface area contributed by atoms with Crippen LogP contribution < -0.4 is 4.74 Å². The standard InChI is InChI=1S/C21H26O/c1-3-13-22-21-11-9-17(10-12-21)19-8-7-18-14-16(4-2)5-6-20(18)15-19/h7-12,15-16H,3-6,13-14H2,1-2H3. The molecule has 0 spiro atoms. The first-order chi connectivity index (χ1) is 10.8. The molecule has 1 aliphatic rings. The largest absolute Gasteiger partial charge is 0.494 e. The van der Waals surface area contributed by atoms with E-state index in [1.165, 1.54) is 36.8 Å². The van der Waals surface area contributed by atoms with Crippen molar-refractivity contribution in [1.29, 1.82) is 0 Å². The molecule has 0 amide bonds. The third kappa shape index (κ3) is 3.35. The summed E-state index contributed by atoms with van der Waals surface area (Å²) in [4.78, 5) is 0. The Morgan fingerprint density at radius 3 is 2.45 bits per heavy atom. The van der Waals surface area contributed by atoms with Crippen LogP contribution in [-0.4, -0.2) is 6.61 Å². The summed E-state index contributed by atoms with van der Waals surface area (Å²) in [6, 6.07) is 15.5. The van der Waals surface area contributed by atoms with Crippen LogP contribution in [0.3, 0.4) is 0 Å². The van der Waals surface area contributed by atoms with Crippen molar-refractivity contribution in [2.24, 2.45) is 5.92 Å². The van der Waals surface area contributed by atoms with Gasteiger partial charge in [-0.1, -0.05) is 50.6 Å². The van der Waals surface area contributed by atoms with Gasteiger partial charge in [0.05, 0.1) is 6.61 Å². The second kappa shape index (κ2) is 7.00. The van der Waals surface area contributed by atoms with Crippen molar-refractivity contribution < 1.29 is 4.74 Å². The van der Waals surface area contributed by atoms with E-state index in [1.807, 2.05) is 0 Å². The summed E-state index contributed by atoms with van der Waals surface area (Å²) in [6.07, 6.45) is 6.19. The maximum atomic E-state index is 5.66. The minimum Gasteiger partial charge on any atom is -0.494 e. The van der Waals surface area contributed by atoms with Crippen molar-refractivity contribution in [2.75, 3.05) is 6.61 Å². The van der Waals surface area contributed by atoms with Crippen LogP contribution in [0.5, 0.6) is 5.75 Å². The van der Waals surface area contributed by atoms with Gasteiger partial charge in [0.2, 0.25) is 0 Å². The number of ether oxygens (including phenoxy) is 1. The topological polar surface area (TPSA) is 9.23 Å². The van der Waals surface area contributed by atoms with E-state index in [0.717, 1.165) is 24.7 Å². The molecule has 22 heavy (non-hydrogen) atoms. The molecule has 1 aliphatic carbocycles. The van der Waals surface area contributed by atoms with Crippen molar-refractivity contribution in [3.8, 4) is 16.9 Å². The lowest BCUT2D eigenvalue weighted by atomic mass is 9.81. The van der Waals surface area contributed by atoms with Gasteiger partial charge < -0.3 is 4.74 Å². The van der Waals surface area contributed by atoms with Gasteiger partial charge in [-0.25, -0.2) is 0 Å². The van der Waals surface area contributed by atoms with E-state index in [1.54, 1.807) is 11.1 Å². The molecular formula is C21H26O. The smallest absolute Gasteiger partial charge is 0.119 e. The molecule has 0 N–H and O–H groups in total. The fourth-order valence-electron chi connectivity index (χ4n) is 3.32. The Labute approximate surface area is 134 Å². The lowest BCUT2D eigenvalue weighted by Gasteiger charge is -2.24. The zero-order chi connectivity index (χ0) is 15.4. The van der Waals surface area contributed by atoms with E-state index < -0.39 is 0 Å². The molecule has 0 heterocycles. The summed E-state index contributed by atoms with van der Waals surface area (Å²) in [5, 5.41) is 0. The van der Waals surface area contributed by atoms with Crippen LogP contribution in [0.1, 0.15) is 44.2 Å². The Bertz CT molecular complexity index is 612. The highest BCUT2D eigenvalue weighted by Gasteiger charge is 2.17. The first-order valence-electron chi connectivity index (χ1n) is 8.65. The Balaban J connectivity index is 1.78. The summed E-state index contributed by atoms with van der Waals surface area (Å²) in [6.45, 7) is 5.23. The average Bonchev–Trinajstić information content (AvgIpc) is 2.59. The predicted molar refractivity (Wildman–Crippen MR) is 93.5 cm³/mol. The van der Waals surface area contributed by atoms with Crippen molar-refractivity contribution in [1.82, 2.24) is 0 Å².